The Morgan fingerprint density at radius 3 is 2.39 bits per heavy atom. The zero-order chi connectivity index (χ0) is 15.7. The largest absolute Gasteiger partial charge is 0.494 e. The van der Waals surface area contributed by atoms with Crippen molar-refractivity contribution in [2.45, 2.75) is 19.4 Å². The van der Waals surface area contributed by atoms with Crippen LogP contribution in [0, 0.1) is 0 Å². The molecule has 0 bridgehead atoms. The van der Waals surface area contributed by atoms with Gasteiger partial charge < -0.3 is 10.1 Å². The van der Waals surface area contributed by atoms with Crippen molar-refractivity contribution in [1.29, 1.82) is 0 Å². The Morgan fingerprint density at radius 1 is 0.739 bits per heavy atom. The molecule has 0 aliphatic heterocycles. The SMILES string of the molecule is c1ccc(CNCCCCOc2ccc3ccccc3c2)cc1. The van der Waals surface area contributed by atoms with Gasteiger partial charge in [-0.2, -0.15) is 0 Å². The molecule has 3 aromatic rings. The first kappa shape index (κ1) is 15.6. The summed E-state index contributed by atoms with van der Waals surface area (Å²) in [6.45, 7) is 2.73. The average molecular weight is 305 g/mol. The van der Waals surface area contributed by atoms with Gasteiger partial charge in [-0.1, -0.05) is 60.7 Å². The third-order valence-electron chi connectivity index (χ3n) is 3.91. The van der Waals surface area contributed by atoms with Gasteiger partial charge in [-0.3, -0.25) is 0 Å². The van der Waals surface area contributed by atoms with Gasteiger partial charge in [0.25, 0.3) is 0 Å². The van der Waals surface area contributed by atoms with E-state index >= 15 is 0 Å². The van der Waals surface area contributed by atoms with Crippen molar-refractivity contribution in [2.24, 2.45) is 0 Å². The highest BCUT2D eigenvalue weighted by Gasteiger charge is 1.97. The van der Waals surface area contributed by atoms with E-state index in [1.807, 2.05) is 6.07 Å². The number of unbranched alkanes of at least 4 members (excludes halogenated alkanes) is 1. The maximum absolute atomic E-state index is 5.85. The second-order valence-electron chi connectivity index (χ2n) is 5.73. The number of hydrogen-bond acceptors (Lipinski definition) is 2. The molecule has 2 nitrogen and oxygen atoms in total. The van der Waals surface area contributed by atoms with Crippen LogP contribution in [-0.2, 0) is 6.54 Å². The summed E-state index contributed by atoms with van der Waals surface area (Å²) in [4.78, 5) is 0. The summed E-state index contributed by atoms with van der Waals surface area (Å²) in [5.41, 5.74) is 1.33. The Balaban J connectivity index is 1.33. The van der Waals surface area contributed by atoms with E-state index in [9.17, 15) is 0 Å². The normalized spacial score (nSPS) is 10.8. The predicted octanol–water partition coefficient (Wildman–Crippen LogP) is 4.79. The zero-order valence-electron chi connectivity index (χ0n) is 13.4. The van der Waals surface area contributed by atoms with Gasteiger partial charge in [0.15, 0.2) is 0 Å². The highest BCUT2D eigenvalue weighted by molar-refractivity contribution is 5.83. The standard InChI is InChI=1S/C21H23NO/c1-2-8-18(9-3-1)17-22-14-6-7-15-23-21-13-12-19-10-4-5-11-20(19)16-21/h1-5,8-13,16,22H,6-7,14-15,17H2. The lowest BCUT2D eigenvalue weighted by Crippen LogP contribution is -2.15. The second-order valence-corrected chi connectivity index (χ2v) is 5.73. The summed E-state index contributed by atoms with van der Waals surface area (Å²) in [7, 11) is 0. The van der Waals surface area contributed by atoms with Gasteiger partial charge in [-0.05, 0) is 47.9 Å². The number of nitrogens with one attached hydrogen (secondary N) is 1. The molecule has 23 heavy (non-hydrogen) atoms. The summed E-state index contributed by atoms with van der Waals surface area (Å²) < 4.78 is 5.85. The highest BCUT2D eigenvalue weighted by Crippen LogP contribution is 2.20. The monoisotopic (exact) mass is 305 g/mol. The Bertz CT molecular complexity index is 724. The third kappa shape index (κ3) is 4.83. The molecule has 0 heterocycles. The van der Waals surface area contributed by atoms with Crippen LogP contribution < -0.4 is 10.1 Å². The minimum absolute atomic E-state index is 0.769. The predicted molar refractivity (Wildman–Crippen MR) is 96.8 cm³/mol. The van der Waals surface area contributed by atoms with Gasteiger partial charge >= 0.3 is 0 Å². The first-order valence-electron chi connectivity index (χ1n) is 8.28. The summed E-state index contributed by atoms with van der Waals surface area (Å²) in [5, 5.41) is 5.95. The van der Waals surface area contributed by atoms with Crippen LogP contribution in [0.25, 0.3) is 10.8 Å². The summed E-state index contributed by atoms with van der Waals surface area (Å²) in [5.74, 6) is 0.959. The fourth-order valence-electron chi connectivity index (χ4n) is 2.63. The van der Waals surface area contributed by atoms with Crippen LogP contribution in [-0.4, -0.2) is 13.2 Å². The molecule has 2 heteroatoms. The van der Waals surface area contributed by atoms with Crippen molar-refractivity contribution in [3.8, 4) is 5.75 Å². The maximum Gasteiger partial charge on any atom is 0.119 e. The number of fused-ring (bicyclic) bond motifs is 1. The van der Waals surface area contributed by atoms with Gasteiger partial charge in [-0.25, -0.2) is 0 Å². The molecule has 0 atom stereocenters. The molecule has 0 aromatic heterocycles. The summed E-state index contributed by atoms with van der Waals surface area (Å²) >= 11 is 0. The van der Waals surface area contributed by atoms with E-state index in [-0.39, 0.29) is 0 Å². The molecule has 118 valence electrons. The molecule has 3 rings (SSSR count). The van der Waals surface area contributed by atoms with Crippen LogP contribution in [0.2, 0.25) is 0 Å². The van der Waals surface area contributed by atoms with E-state index in [1.54, 1.807) is 0 Å². The molecule has 0 amide bonds. The van der Waals surface area contributed by atoms with Crippen LogP contribution >= 0.6 is 0 Å². The van der Waals surface area contributed by atoms with E-state index in [0.717, 1.165) is 38.3 Å². The minimum Gasteiger partial charge on any atom is -0.494 e. The number of hydrogen-bond donors (Lipinski definition) is 1. The smallest absolute Gasteiger partial charge is 0.119 e. The van der Waals surface area contributed by atoms with Gasteiger partial charge in [0, 0.05) is 6.54 Å². The van der Waals surface area contributed by atoms with Crippen LogP contribution in [0.1, 0.15) is 18.4 Å². The first-order valence-corrected chi connectivity index (χ1v) is 8.28. The van der Waals surface area contributed by atoms with E-state index < -0.39 is 0 Å². The molecule has 3 aromatic carbocycles. The van der Waals surface area contributed by atoms with Crippen molar-refractivity contribution in [2.75, 3.05) is 13.2 Å². The maximum atomic E-state index is 5.85. The molecule has 0 fully saturated rings. The van der Waals surface area contributed by atoms with E-state index in [4.69, 9.17) is 4.74 Å². The summed E-state index contributed by atoms with van der Waals surface area (Å²) in [6.07, 6.45) is 2.19. The number of benzene rings is 3. The molecule has 0 saturated heterocycles. The van der Waals surface area contributed by atoms with E-state index in [2.05, 4.69) is 72.0 Å². The fourth-order valence-corrected chi connectivity index (χ4v) is 2.63. The lowest BCUT2D eigenvalue weighted by atomic mass is 10.1. The Labute approximate surface area is 138 Å². The number of rotatable bonds is 8. The average Bonchev–Trinajstić information content (AvgIpc) is 2.61. The van der Waals surface area contributed by atoms with Crippen molar-refractivity contribution in [3.05, 3.63) is 78.4 Å². The summed E-state index contributed by atoms with van der Waals surface area (Å²) in [6, 6.07) is 25.1. The third-order valence-corrected chi connectivity index (χ3v) is 3.91. The Morgan fingerprint density at radius 2 is 1.52 bits per heavy atom. The molecule has 1 N–H and O–H groups in total. The second kappa shape index (κ2) is 8.35. The molecule has 0 saturated carbocycles. The Kier molecular flexibility index (Phi) is 5.65. The van der Waals surface area contributed by atoms with Crippen molar-refractivity contribution < 1.29 is 4.74 Å². The molecule has 0 unspecified atom stereocenters. The topological polar surface area (TPSA) is 21.3 Å². The zero-order valence-corrected chi connectivity index (χ0v) is 13.4. The van der Waals surface area contributed by atoms with Gasteiger partial charge in [0.1, 0.15) is 5.75 Å². The molecule has 0 radical (unpaired) electrons. The molecular weight excluding hydrogens is 282 g/mol. The Hall–Kier alpha value is -2.32. The molecule has 0 aliphatic carbocycles. The van der Waals surface area contributed by atoms with Crippen LogP contribution in [0.3, 0.4) is 0 Å². The lowest BCUT2D eigenvalue weighted by molar-refractivity contribution is 0.306. The first-order chi connectivity index (χ1) is 11.4. The lowest BCUT2D eigenvalue weighted by Gasteiger charge is -2.08. The van der Waals surface area contributed by atoms with Crippen molar-refractivity contribution >= 4 is 10.8 Å². The quantitative estimate of drug-likeness (QED) is 0.604. The van der Waals surface area contributed by atoms with Crippen molar-refractivity contribution in [3.63, 3.8) is 0 Å². The van der Waals surface area contributed by atoms with Gasteiger partial charge in [-0.15, -0.1) is 0 Å². The fraction of sp³-hybridized carbons (Fsp3) is 0.238. The van der Waals surface area contributed by atoms with Gasteiger partial charge in [0.05, 0.1) is 6.61 Å². The molecule has 0 spiro atoms. The van der Waals surface area contributed by atoms with Crippen LogP contribution in [0.15, 0.2) is 72.8 Å². The van der Waals surface area contributed by atoms with E-state index in [0.29, 0.717) is 0 Å². The van der Waals surface area contributed by atoms with Crippen LogP contribution in [0.4, 0.5) is 0 Å². The van der Waals surface area contributed by atoms with Gasteiger partial charge in [0.2, 0.25) is 0 Å². The van der Waals surface area contributed by atoms with E-state index in [1.165, 1.54) is 16.3 Å². The van der Waals surface area contributed by atoms with Crippen molar-refractivity contribution in [1.82, 2.24) is 5.32 Å². The highest BCUT2D eigenvalue weighted by atomic mass is 16.5. The number of ether oxygens (including phenoxy) is 1. The minimum atomic E-state index is 0.769. The molecular formula is C21H23NO. The van der Waals surface area contributed by atoms with Crippen LogP contribution in [0.5, 0.6) is 5.75 Å². The molecule has 0 aliphatic rings.